The summed E-state index contributed by atoms with van der Waals surface area (Å²) in [5, 5.41) is 6.58. The van der Waals surface area contributed by atoms with Crippen molar-refractivity contribution in [3.05, 3.63) is 23.5 Å². The largest absolute Gasteiger partial charge is 0.361 e. The predicted molar refractivity (Wildman–Crippen MR) is 87.2 cm³/mol. The third kappa shape index (κ3) is 3.24. The van der Waals surface area contributed by atoms with Crippen molar-refractivity contribution in [1.82, 2.24) is 15.0 Å². The van der Waals surface area contributed by atoms with Gasteiger partial charge in [-0.25, -0.2) is 15.0 Å². The molecule has 1 saturated heterocycles. The summed E-state index contributed by atoms with van der Waals surface area (Å²) in [6, 6.07) is 0. The van der Waals surface area contributed by atoms with Gasteiger partial charge in [0.2, 0.25) is 0 Å². The van der Waals surface area contributed by atoms with Gasteiger partial charge >= 0.3 is 0 Å². The minimum atomic E-state index is 0.671. The maximum atomic E-state index is 4.70. The lowest BCUT2D eigenvalue weighted by Gasteiger charge is -2.15. The molecule has 1 aliphatic heterocycles. The van der Waals surface area contributed by atoms with Crippen molar-refractivity contribution in [2.24, 2.45) is 0 Å². The predicted octanol–water partition coefficient (Wildman–Crippen LogP) is 2.21. The fourth-order valence-electron chi connectivity index (χ4n) is 2.39. The van der Waals surface area contributed by atoms with Crippen LogP contribution in [0.3, 0.4) is 0 Å². The summed E-state index contributed by atoms with van der Waals surface area (Å²) in [7, 11) is 3.92. The number of hydrogen-bond acceptors (Lipinski definition) is 7. The maximum absolute atomic E-state index is 4.70. The molecular weight excluding hydrogens is 284 g/mol. The van der Waals surface area contributed by atoms with Crippen LogP contribution in [-0.4, -0.2) is 42.1 Å². The van der Waals surface area contributed by atoms with Gasteiger partial charge < -0.3 is 15.1 Å². The zero-order chi connectivity index (χ0) is 14.7. The van der Waals surface area contributed by atoms with Gasteiger partial charge in [0, 0.05) is 45.0 Å². The van der Waals surface area contributed by atoms with Crippen LogP contribution in [0.5, 0.6) is 0 Å². The molecule has 1 fully saturated rings. The SMILES string of the molecule is CN(C)c1nccnc1NCc1csc(N2CCCC2)n1. The molecule has 0 atom stereocenters. The highest BCUT2D eigenvalue weighted by Crippen LogP contribution is 2.25. The van der Waals surface area contributed by atoms with Gasteiger partial charge in [-0.1, -0.05) is 0 Å². The highest BCUT2D eigenvalue weighted by Gasteiger charge is 2.15. The molecule has 1 aliphatic rings. The van der Waals surface area contributed by atoms with E-state index >= 15 is 0 Å². The number of aromatic nitrogens is 3. The molecular formula is C14H20N6S. The van der Waals surface area contributed by atoms with E-state index in [2.05, 4.69) is 25.6 Å². The van der Waals surface area contributed by atoms with Crippen LogP contribution in [0.4, 0.5) is 16.8 Å². The van der Waals surface area contributed by atoms with Crippen molar-refractivity contribution in [2.75, 3.05) is 42.3 Å². The van der Waals surface area contributed by atoms with E-state index in [9.17, 15) is 0 Å². The van der Waals surface area contributed by atoms with Crippen LogP contribution in [-0.2, 0) is 6.54 Å². The van der Waals surface area contributed by atoms with Crippen molar-refractivity contribution in [3.8, 4) is 0 Å². The minimum absolute atomic E-state index is 0.671. The molecule has 6 nitrogen and oxygen atoms in total. The number of rotatable bonds is 5. The van der Waals surface area contributed by atoms with Crippen LogP contribution in [0.25, 0.3) is 0 Å². The quantitative estimate of drug-likeness (QED) is 0.914. The molecule has 0 bridgehead atoms. The second-order valence-corrected chi connectivity index (χ2v) is 6.13. The molecule has 0 saturated carbocycles. The van der Waals surface area contributed by atoms with Gasteiger partial charge in [0.25, 0.3) is 0 Å². The Hall–Kier alpha value is -1.89. The van der Waals surface area contributed by atoms with Gasteiger partial charge in [-0.05, 0) is 12.8 Å². The summed E-state index contributed by atoms with van der Waals surface area (Å²) in [6.45, 7) is 2.94. The first kappa shape index (κ1) is 14.1. The zero-order valence-corrected chi connectivity index (χ0v) is 13.2. The zero-order valence-electron chi connectivity index (χ0n) is 12.4. The van der Waals surface area contributed by atoms with E-state index in [4.69, 9.17) is 4.98 Å². The van der Waals surface area contributed by atoms with E-state index in [1.54, 1.807) is 23.7 Å². The van der Waals surface area contributed by atoms with Crippen LogP contribution in [0, 0.1) is 0 Å². The average Bonchev–Trinajstić information content (AvgIpc) is 3.16. The first-order chi connectivity index (χ1) is 10.2. The van der Waals surface area contributed by atoms with E-state index in [1.165, 1.54) is 12.8 Å². The normalized spacial score (nSPS) is 14.5. The Balaban J connectivity index is 1.65. The monoisotopic (exact) mass is 304 g/mol. The lowest BCUT2D eigenvalue weighted by Crippen LogP contribution is -2.17. The van der Waals surface area contributed by atoms with E-state index in [0.29, 0.717) is 6.54 Å². The summed E-state index contributed by atoms with van der Waals surface area (Å²) in [6.07, 6.45) is 5.96. The van der Waals surface area contributed by atoms with E-state index in [1.807, 2.05) is 19.0 Å². The van der Waals surface area contributed by atoms with E-state index in [-0.39, 0.29) is 0 Å². The van der Waals surface area contributed by atoms with E-state index < -0.39 is 0 Å². The molecule has 3 heterocycles. The molecule has 0 spiro atoms. The molecule has 1 N–H and O–H groups in total. The average molecular weight is 304 g/mol. The van der Waals surface area contributed by atoms with Crippen molar-refractivity contribution < 1.29 is 0 Å². The summed E-state index contributed by atoms with van der Waals surface area (Å²) >= 11 is 1.72. The molecule has 2 aromatic rings. The lowest BCUT2D eigenvalue weighted by molar-refractivity contribution is 0.939. The highest BCUT2D eigenvalue weighted by molar-refractivity contribution is 7.13. The summed E-state index contributed by atoms with van der Waals surface area (Å²) < 4.78 is 0. The molecule has 2 aromatic heterocycles. The van der Waals surface area contributed by atoms with E-state index in [0.717, 1.165) is 35.6 Å². The third-order valence-electron chi connectivity index (χ3n) is 3.46. The first-order valence-electron chi connectivity index (χ1n) is 7.15. The second kappa shape index (κ2) is 6.26. The Morgan fingerprint density at radius 3 is 2.76 bits per heavy atom. The van der Waals surface area contributed by atoms with Gasteiger partial charge in [0.05, 0.1) is 12.2 Å². The van der Waals surface area contributed by atoms with Gasteiger partial charge in [0.15, 0.2) is 16.8 Å². The van der Waals surface area contributed by atoms with Crippen LogP contribution < -0.4 is 15.1 Å². The highest BCUT2D eigenvalue weighted by atomic mass is 32.1. The Bertz CT molecular complexity index is 591. The van der Waals surface area contributed by atoms with Crippen LogP contribution in [0.2, 0.25) is 0 Å². The van der Waals surface area contributed by atoms with Crippen molar-refractivity contribution in [1.29, 1.82) is 0 Å². The molecule has 0 amide bonds. The van der Waals surface area contributed by atoms with Crippen LogP contribution in [0.15, 0.2) is 17.8 Å². The number of anilines is 3. The third-order valence-corrected chi connectivity index (χ3v) is 4.41. The minimum Gasteiger partial charge on any atom is -0.361 e. The second-order valence-electron chi connectivity index (χ2n) is 5.29. The van der Waals surface area contributed by atoms with Crippen molar-refractivity contribution in [2.45, 2.75) is 19.4 Å². The smallest absolute Gasteiger partial charge is 0.185 e. The maximum Gasteiger partial charge on any atom is 0.185 e. The Labute approximate surface area is 128 Å². The fourth-order valence-corrected chi connectivity index (χ4v) is 3.27. The standard InChI is InChI=1S/C14H20N6S/c1-19(2)13-12(15-5-6-16-13)17-9-11-10-21-14(18-11)20-7-3-4-8-20/h5-6,10H,3-4,7-9H2,1-2H3,(H,15,17). The fraction of sp³-hybridized carbons (Fsp3) is 0.500. The molecule has 3 rings (SSSR count). The summed E-state index contributed by atoms with van der Waals surface area (Å²) in [5.41, 5.74) is 1.05. The molecule has 0 unspecified atom stereocenters. The molecule has 21 heavy (non-hydrogen) atoms. The number of hydrogen-bond donors (Lipinski definition) is 1. The molecule has 112 valence electrons. The molecule has 7 heteroatoms. The molecule has 0 aliphatic carbocycles. The van der Waals surface area contributed by atoms with Gasteiger partial charge in [-0.3, -0.25) is 0 Å². The summed E-state index contributed by atoms with van der Waals surface area (Å²) in [4.78, 5) is 17.7. The van der Waals surface area contributed by atoms with Gasteiger partial charge in [-0.2, -0.15) is 0 Å². The Kier molecular flexibility index (Phi) is 4.19. The van der Waals surface area contributed by atoms with Crippen molar-refractivity contribution in [3.63, 3.8) is 0 Å². The van der Waals surface area contributed by atoms with Crippen LogP contribution in [0.1, 0.15) is 18.5 Å². The van der Waals surface area contributed by atoms with Gasteiger partial charge in [-0.15, -0.1) is 11.3 Å². The molecule has 0 aromatic carbocycles. The summed E-state index contributed by atoms with van der Waals surface area (Å²) in [5.74, 6) is 1.63. The van der Waals surface area contributed by atoms with Crippen LogP contribution >= 0.6 is 11.3 Å². The van der Waals surface area contributed by atoms with Gasteiger partial charge in [0.1, 0.15) is 0 Å². The topological polar surface area (TPSA) is 57.2 Å². The number of nitrogens with one attached hydrogen (secondary N) is 1. The number of nitrogens with zero attached hydrogens (tertiary/aromatic N) is 5. The Morgan fingerprint density at radius 2 is 2.00 bits per heavy atom. The lowest BCUT2D eigenvalue weighted by atomic mass is 10.4. The number of thiazole rings is 1. The van der Waals surface area contributed by atoms with Crippen molar-refractivity contribution >= 4 is 28.1 Å². The first-order valence-corrected chi connectivity index (χ1v) is 8.03. The molecule has 0 radical (unpaired) electrons. The Morgan fingerprint density at radius 1 is 1.24 bits per heavy atom.